The fraction of sp³-hybridized carbons (Fsp3) is 0.333. The Morgan fingerprint density at radius 2 is 1.85 bits per heavy atom. The van der Waals surface area contributed by atoms with Crippen molar-refractivity contribution < 1.29 is 0 Å². The fourth-order valence-electron chi connectivity index (χ4n) is 2.43. The van der Waals surface area contributed by atoms with E-state index in [9.17, 15) is 0 Å². The van der Waals surface area contributed by atoms with Gasteiger partial charge in [0.15, 0.2) is 0 Å². The quantitative estimate of drug-likeness (QED) is 0.744. The lowest BCUT2D eigenvalue weighted by atomic mass is 9.98. The molecule has 0 saturated carbocycles. The number of halogens is 1. The first-order valence-electron chi connectivity index (χ1n) is 7.34. The molecule has 0 aromatic heterocycles. The molecule has 0 spiro atoms. The van der Waals surface area contributed by atoms with Crippen LogP contribution in [0.15, 0.2) is 48.5 Å². The van der Waals surface area contributed by atoms with Gasteiger partial charge in [0, 0.05) is 16.6 Å². The van der Waals surface area contributed by atoms with Gasteiger partial charge in [0.05, 0.1) is 0 Å². The minimum absolute atomic E-state index is 0.414. The van der Waals surface area contributed by atoms with Gasteiger partial charge in [0.25, 0.3) is 0 Å². The van der Waals surface area contributed by atoms with E-state index in [2.05, 4.69) is 49.5 Å². The highest BCUT2D eigenvalue weighted by Crippen LogP contribution is 2.29. The van der Waals surface area contributed by atoms with Crippen LogP contribution in [0.3, 0.4) is 0 Å². The summed E-state index contributed by atoms with van der Waals surface area (Å²) in [5.74, 6) is 0. The summed E-state index contributed by atoms with van der Waals surface area (Å²) in [6.07, 6.45) is 2.24. The summed E-state index contributed by atoms with van der Waals surface area (Å²) >= 11 is 6.29. The smallest absolute Gasteiger partial charge is 0.0484 e. The van der Waals surface area contributed by atoms with Crippen LogP contribution >= 0.6 is 11.6 Å². The van der Waals surface area contributed by atoms with E-state index in [1.54, 1.807) is 0 Å². The van der Waals surface area contributed by atoms with Gasteiger partial charge >= 0.3 is 0 Å². The third-order valence-corrected chi connectivity index (χ3v) is 3.85. The molecular weight excluding hydrogens is 266 g/mol. The van der Waals surface area contributed by atoms with E-state index >= 15 is 0 Å². The number of hydrogen-bond donors (Lipinski definition) is 1. The molecule has 2 rings (SSSR count). The Morgan fingerprint density at radius 1 is 1.05 bits per heavy atom. The summed E-state index contributed by atoms with van der Waals surface area (Å²) in [5, 5.41) is 4.40. The molecule has 0 fully saturated rings. The summed E-state index contributed by atoms with van der Waals surface area (Å²) in [4.78, 5) is 0. The number of rotatable bonds is 6. The molecule has 2 aromatic carbocycles. The lowest BCUT2D eigenvalue weighted by Gasteiger charge is -2.18. The number of nitrogens with one attached hydrogen (secondary N) is 1. The lowest BCUT2D eigenvalue weighted by Crippen LogP contribution is -2.21. The molecule has 2 heteroatoms. The Morgan fingerprint density at radius 3 is 2.55 bits per heavy atom. The van der Waals surface area contributed by atoms with E-state index in [0.717, 1.165) is 30.0 Å². The van der Waals surface area contributed by atoms with Crippen LogP contribution in [0.2, 0.25) is 5.02 Å². The highest BCUT2D eigenvalue weighted by molar-refractivity contribution is 6.33. The molecule has 2 aromatic rings. The molecule has 0 radical (unpaired) electrons. The third kappa shape index (κ3) is 3.62. The minimum Gasteiger partial charge on any atom is -0.310 e. The SMILES string of the molecule is CCCNC(CC)c1cccc(-c2ccccc2Cl)c1. The Labute approximate surface area is 127 Å². The van der Waals surface area contributed by atoms with E-state index in [4.69, 9.17) is 11.6 Å². The molecule has 0 bridgehead atoms. The van der Waals surface area contributed by atoms with Crippen molar-refractivity contribution in [2.45, 2.75) is 32.7 Å². The molecule has 1 nitrogen and oxygen atoms in total. The topological polar surface area (TPSA) is 12.0 Å². The molecule has 0 aliphatic rings. The summed E-state index contributed by atoms with van der Waals surface area (Å²) in [5.41, 5.74) is 3.62. The van der Waals surface area contributed by atoms with Crippen LogP contribution in [0, 0.1) is 0 Å². The van der Waals surface area contributed by atoms with Crippen molar-refractivity contribution in [2.75, 3.05) is 6.54 Å². The molecule has 20 heavy (non-hydrogen) atoms. The maximum atomic E-state index is 6.29. The fourth-order valence-corrected chi connectivity index (χ4v) is 2.68. The van der Waals surface area contributed by atoms with Gasteiger partial charge in [-0.25, -0.2) is 0 Å². The molecule has 0 aliphatic carbocycles. The monoisotopic (exact) mass is 287 g/mol. The average Bonchev–Trinajstić information content (AvgIpc) is 2.49. The molecule has 106 valence electrons. The van der Waals surface area contributed by atoms with Gasteiger partial charge in [0.2, 0.25) is 0 Å². The van der Waals surface area contributed by atoms with Gasteiger partial charge in [-0.1, -0.05) is 61.8 Å². The second kappa shape index (κ2) is 7.47. The van der Waals surface area contributed by atoms with Crippen LogP contribution in [0.1, 0.15) is 38.3 Å². The number of hydrogen-bond acceptors (Lipinski definition) is 1. The molecule has 0 amide bonds. The van der Waals surface area contributed by atoms with Crippen molar-refractivity contribution in [2.24, 2.45) is 0 Å². The van der Waals surface area contributed by atoms with E-state index in [1.807, 2.05) is 18.2 Å². The second-order valence-electron chi connectivity index (χ2n) is 5.02. The second-order valence-corrected chi connectivity index (χ2v) is 5.43. The van der Waals surface area contributed by atoms with Crippen molar-refractivity contribution in [3.05, 3.63) is 59.1 Å². The van der Waals surface area contributed by atoms with Crippen molar-refractivity contribution in [3.63, 3.8) is 0 Å². The normalized spacial score (nSPS) is 12.3. The van der Waals surface area contributed by atoms with Gasteiger partial charge in [-0.15, -0.1) is 0 Å². The summed E-state index contributed by atoms with van der Waals surface area (Å²) in [7, 11) is 0. The Balaban J connectivity index is 2.30. The van der Waals surface area contributed by atoms with Crippen LogP contribution in [0.25, 0.3) is 11.1 Å². The van der Waals surface area contributed by atoms with Crippen LogP contribution in [0.4, 0.5) is 0 Å². The highest BCUT2D eigenvalue weighted by Gasteiger charge is 2.10. The average molecular weight is 288 g/mol. The molecular formula is C18H22ClN. The first kappa shape index (κ1) is 15.1. The standard InChI is InChI=1S/C18H22ClN/c1-3-12-20-18(4-2)15-9-7-8-14(13-15)16-10-5-6-11-17(16)19/h5-11,13,18,20H,3-4,12H2,1-2H3. The van der Waals surface area contributed by atoms with Gasteiger partial charge in [-0.2, -0.15) is 0 Å². The van der Waals surface area contributed by atoms with Gasteiger partial charge < -0.3 is 5.32 Å². The van der Waals surface area contributed by atoms with E-state index < -0.39 is 0 Å². The van der Waals surface area contributed by atoms with Crippen molar-refractivity contribution in [1.82, 2.24) is 5.32 Å². The molecule has 1 unspecified atom stereocenters. The zero-order valence-electron chi connectivity index (χ0n) is 12.2. The predicted octanol–water partition coefficient (Wildman–Crippen LogP) is 5.46. The largest absolute Gasteiger partial charge is 0.310 e. The molecule has 1 atom stereocenters. The summed E-state index contributed by atoms with van der Waals surface area (Å²) in [6.45, 7) is 5.46. The highest BCUT2D eigenvalue weighted by atomic mass is 35.5. The number of benzene rings is 2. The Kier molecular flexibility index (Phi) is 5.63. The first-order valence-corrected chi connectivity index (χ1v) is 7.72. The van der Waals surface area contributed by atoms with Crippen molar-refractivity contribution >= 4 is 11.6 Å². The first-order chi connectivity index (χ1) is 9.76. The minimum atomic E-state index is 0.414. The van der Waals surface area contributed by atoms with Crippen molar-refractivity contribution in [3.8, 4) is 11.1 Å². The zero-order valence-corrected chi connectivity index (χ0v) is 13.0. The maximum absolute atomic E-state index is 6.29. The van der Waals surface area contributed by atoms with Crippen LogP contribution in [-0.2, 0) is 0 Å². The summed E-state index contributed by atoms with van der Waals surface area (Å²) in [6, 6.07) is 17.1. The summed E-state index contributed by atoms with van der Waals surface area (Å²) < 4.78 is 0. The van der Waals surface area contributed by atoms with Gasteiger partial charge in [-0.05, 0) is 42.6 Å². The van der Waals surface area contributed by atoms with E-state index in [0.29, 0.717) is 6.04 Å². The third-order valence-electron chi connectivity index (χ3n) is 3.52. The lowest BCUT2D eigenvalue weighted by molar-refractivity contribution is 0.518. The maximum Gasteiger partial charge on any atom is 0.0484 e. The molecule has 0 heterocycles. The van der Waals surface area contributed by atoms with E-state index in [1.165, 1.54) is 11.1 Å². The molecule has 0 saturated heterocycles. The molecule has 1 N–H and O–H groups in total. The predicted molar refractivity (Wildman–Crippen MR) is 88.2 cm³/mol. The Hall–Kier alpha value is -1.31. The van der Waals surface area contributed by atoms with Gasteiger partial charge in [-0.3, -0.25) is 0 Å². The van der Waals surface area contributed by atoms with Crippen molar-refractivity contribution in [1.29, 1.82) is 0 Å². The van der Waals surface area contributed by atoms with Crippen LogP contribution in [-0.4, -0.2) is 6.54 Å². The van der Waals surface area contributed by atoms with E-state index in [-0.39, 0.29) is 0 Å². The zero-order chi connectivity index (χ0) is 14.4. The van der Waals surface area contributed by atoms with Gasteiger partial charge in [0.1, 0.15) is 0 Å². The Bertz CT molecular complexity index is 551. The van der Waals surface area contributed by atoms with Crippen LogP contribution < -0.4 is 5.32 Å². The van der Waals surface area contributed by atoms with Crippen LogP contribution in [0.5, 0.6) is 0 Å². The molecule has 0 aliphatic heterocycles.